The van der Waals surface area contributed by atoms with Gasteiger partial charge in [0.05, 0.1) is 11.4 Å². The van der Waals surface area contributed by atoms with Gasteiger partial charge in [0.2, 0.25) is 0 Å². The summed E-state index contributed by atoms with van der Waals surface area (Å²) < 4.78 is 0. The van der Waals surface area contributed by atoms with Gasteiger partial charge in [-0.2, -0.15) is 0 Å². The van der Waals surface area contributed by atoms with Crippen molar-refractivity contribution >= 4 is 0 Å². The van der Waals surface area contributed by atoms with Crippen molar-refractivity contribution < 1.29 is 0 Å². The predicted molar refractivity (Wildman–Crippen MR) is 92.7 cm³/mol. The molecule has 23 heavy (non-hydrogen) atoms. The van der Waals surface area contributed by atoms with Gasteiger partial charge in [0.15, 0.2) is 0 Å². The zero-order valence-electron chi connectivity index (χ0n) is 14.1. The smallest absolute Gasteiger partial charge is 0.0529 e. The second-order valence-corrected chi connectivity index (χ2v) is 7.22. The zero-order chi connectivity index (χ0) is 15.8. The van der Waals surface area contributed by atoms with Crippen LogP contribution in [0.1, 0.15) is 46.8 Å². The normalized spacial score (nSPS) is 22.3. The van der Waals surface area contributed by atoms with Crippen LogP contribution in [-0.4, -0.2) is 35.0 Å². The summed E-state index contributed by atoms with van der Waals surface area (Å²) in [5.41, 5.74) is 6.71. The minimum Gasteiger partial charge on any atom is -0.306 e. The maximum Gasteiger partial charge on any atom is 0.0529 e. The summed E-state index contributed by atoms with van der Waals surface area (Å²) in [5.74, 6) is 1.03. The summed E-state index contributed by atoms with van der Waals surface area (Å²) in [5, 5.41) is 0. The van der Waals surface area contributed by atoms with E-state index < -0.39 is 0 Å². The molecule has 2 aliphatic rings. The van der Waals surface area contributed by atoms with Crippen molar-refractivity contribution in [1.29, 1.82) is 0 Å². The number of piperidine rings is 1. The molecule has 0 saturated carbocycles. The van der Waals surface area contributed by atoms with E-state index in [1.54, 1.807) is 0 Å². The molecule has 2 aromatic rings. The van der Waals surface area contributed by atoms with Gasteiger partial charge in [-0.3, -0.25) is 9.97 Å². The van der Waals surface area contributed by atoms with Gasteiger partial charge < -0.3 is 4.90 Å². The second kappa shape index (κ2) is 6.04. The van der Waals surface area contributed by atoms with Crippen molar-refractivity contribution in [3.63, 3.8) is 0 Å². The molecule has 0 radical (unpaired) electrons. The van der Waals surface area contributed by atoms with Gasteiger partial charge in [-0.1, -0.05) is 12.1 Å². The van der Waals surface area contributed by atoms with Gasteiger partial charge in [0.25, 0.3) is 0 Å². The van der Waals surface area contributed by atoms with Crippen LogP contribution in [-0.2, 0) is 12.8 Å². The Morgan fingerprint density at radius 3 is 2.61 bits per heavy atom. The molecule has 1 aliphatic heterocycles. The maximum absolute atomic E-state index is 4.90. The minimum absolute atomic E-state index is 0.373. The van der Waals surface area contributed by atoms with Crippen LogP contribution in [0.2, 0.25) is 0 Å². The maximum atomic E-state index is 4.90. The van der Waals surface area contributed by atoms with E-state index in [0.29, 0.717) is 11.8 Å². The number of likely N-dealkylation sites (tertiary alicyclic amines) is 1. The highest BCUT2D eigenvalue weighted by molar-refractivity contribution is 5.40. The Kier molecular flexibility index (Phi) is 3.90. The molecule has 2 aromatic heterocycles. The van der Waals surface area contributed by atoms with Gasteiger partial charge in [0, 0.05) is 18.3 Å². The van der Waals surface area contributed by atoms with Crippen LogP contribution in [0.3, 0.4) is 0 Å². The molecule has 4 rings (SSSR count). The first kappa shape index (κ1) is 14.8. The lowest BCUT2D eigenvalue weighted by molar-refractivity contribution is 0.205. The quantitative estimate of drug-likeness (QED) is 0.809. The summed E-state index contributed by atoms with van der Waals surface area (Å²) in [6, 6.07) is 6.69. The van der Waals surface area contributed by atoms with Crippen LogP contribution in [0.15, 0.2) is 30.6 Å². The standard InChI is InChI=1S/C20H25N3/c1-14-12-17-6-5-16-4-3-9-21-19(16)18(20(17)22-13-14)15-7-10-23(2)11-8-15/h3-4,9,12-13,15,18H,5-8,10-11H2,1-2H3. The number of hydrogen-bond acceptors (Lipinski definition) is 3. The Balaban J connectivity index is 1.81. The van der Waals surface area contributed by atoms with E-state index in [0.717, 1.165) is 12.8 Å². The highest BCUT2D eigenvalue weighted by Gasteiger charge is 2.34. The third-order valence-corrected chi connectivity index (χ3v) is 5.55. The molecule has 0 N–H and O–H groups in total. The molecule has 0 aromatic carbocycles. The number of fused-ring (bicyclic) bond motifs is 2. The molecule has 3 heterocycles. The SMILES string of the molecule is Cc1cnc2c(c1)CCc1cccnc1C2C1CCN(C)CC1. The highest BCUT2D eigenvalue weighted by Crippen LogP contribution is 2.41. The number of aromatic nitrogens is 2. The van der Waals surface area contributed by atoms with Gasteiger partial charge in [-0.05, 0) is 81.4 Å². The number of pyridine rings is 2. The fourth-order valence-electron chi connectivity index (χ4n) is 4.27. The molecule has 1 atom stereocenters. The Bertz CT molecular complexity index is 702. The van der Waals surface area contributed by atoms with Gasteiger partial charge >= 0.3 is 0 Å². The van der Waals surface area contributed by atoms with Crippen LogP contribution in [0.25, 0.3) is 0 Å². The van der Waals surface area contributed by atoms with Crippen LogP contribution in [0.4, 0.5) is 0 Å². The number of hydrogen-bond donors (Lipinski definition) is 0. The van der Waals surface area contributed by atoms with E-state index in [1.807, 2.05) is 12.4 Å². The summed E-state index contributed by atoms with van der Waals surface area (Å²) in [6.07, 6.45) is 8.66. The molecule has 0 bridgehead atoms. The van der Waals surface area contributed by atoms with Gasteiger partial charge in [0.1, 0.15) is 0 Å². The Labute approximate surface area is 138 Å². The van der Waals surface area contributed by atoms with Crippen molar-refractivity contribution in [3.05, 3.63) is 58.7 Å². The van der Waals surface area contributed by atoms with E-state index in [-0.39, 0.29) is 0 Å². The molecule has 3 heteroatoms. The van der Waals surface area contributed by atoms with Crippen molar-refractivity contribution in [2.75, 3.05) is 20.1 Å². The topological polar surface area (TPSA) is 29.0 Å². The molecular weight excluding hydrogens is 282 g/mol. The Morgan fingerprint density at radius 1 is 1.04 bits per heavy atom. The van der Waals surface area contributed by atoms with E-state index in [1.165, 1.54) is 54.0 Å². The number of nitrogens with zero attached hydrogens (tertiary/aromatic N) is 3. The lowest BCUT2D eigenvalue weighted by atomic mass is 9.78. The molecule has 1 unspecified atom stereocenters. The third-order valence-electron chi connectivity index (χ3n) is 5.55. The lowest BCUT2D eigenvalue weighted by Gasteiger charge is -2.34. The van der Waals surface area contributed by atoms with Crippen molar-refractivity contribution in [3.8, 4) is 0 Å². The average Bonchev–Trinajstić information content (AvgIpc) is 2.72. The minimum atomic E-state index is 0.373. The van der Waals surface area contributed by atoms with E-state index in [4.69, 9.17) is 9.97 Å². The molecule has 1 aliphatic carbocycles. The Morgan fingerprint density at radius 2 is 1.78 bits per heavy atom. The molecule has 1 saturated heterocycles. The highest BCUT2D eigenvalue weighted by atomic mass is 15.1. The first-order chi connectivity index (χ1) is 11.2. The van der Waals surface area contributed by atoms with Crippen LogP contribution < -0.4 is 0 Å². The second-order valence-electron chi connectivity index (χ2n) is 7.22. The van der Waals surface area contributed by atoms with E-state index >= 15 is 0 Å². The molecule has 3 nitrogen and oxygen atoms in total. The molecule has 0 spiro atoms. The molecular formula is C20H25N3. The summed E-state index contributed by atoms with van der Waals surface area (Å²) in [7, 11) is 2.23. The number of aryl methyl sites for hydroxylation is 3. The van der Waals surface area contributed by atoms with Crippen LogP contribution >= 0.6 is 0 Å². The molecule has 120 valence electrons. The molecule has 0 amide bonds. The van der Waals surface area contributed by atoms with E-state index in [9.17, 15) is 0 Å². The third kappa shape index (κ3) is 2.78. The monoisotopic (exact) mass is 307 g/mol. The number of rotatable bonds is 1. The predicted octanol–water partition coefficient (Wildman–Crippen LogP) is 3.36. The first-order valence-corrected chi connectivity index (χ1v) is 8.80. The largest absolute Gasteiger partial charge is 0.306 e. The Hall–Kier alpha value is -1.74. The van der Waals surface area contributed by atoms with Crippen molar-refractivity contribution in [2.45, 2.75) is 38.5 Å². The van der Waals surface area contributed by atoms with Gasteiger partial charge in [-0.25, -0.2) is 0 Å². The van der Waals surface area contributed by atoms with Crippen LogP contribution in [0.5, 0.6) is 0 Å². The fourth-order valence-corrected chi connectivity index (χ4v) is 4.27. The summed E-state index contributed by atoms with van der Waals surface area (Å²) in [6.45, 7) is 4.52. The zero-order valence-corrected chi connectivity index (χ0v) is 14.1. The van der Waals surface area contributed by atoms with Crippen molar-refractivity contribution in [1.82, 2.24) is 14.9 Å². The lowest BCUT2D eigenvalue weighted by Crippen LogP contribution is -2.33. The summed E-state index contributed by atoms with van der Waals surface area (Å²) >= 11 is 0. The van der Waals surface area contributed by atoms with Crippen LogP contribution in [0, 0.1) is 12.8 Å². The summed E-state index contributed by atoms with van der Waals surface area (Å²) in [4.78, 5) is 12.2. The van der Waals surface area contributed by atoms with E-state index in [2.05, 4.69) is 37.1 Å². The fraction of sp³-hybridized carbons (Fsp3) is 0.500. The van der Waals surface area contributed by atoms with Crippen molar-refractivity contribution in [2.24, 2.45) is 5.92 Å². The van der Waals surface area contributed by atoms with Gasteiger partial charge in [-0.15, -0.1) is 0 Å². The first-order valence-electron chi connectivity index (χ1n) is 8.80. The average molecular weight is 307 g/mol. The molecule has 1 fully saturated rings.